The lowest BCUT2D eigenvalue weighted by molar-refractivity contribution is -0.133. The van der Waals surface area contributed by atoms with Crippen molar-refractivity contribution in [3.8, 4) is 0 Å². The van der Waals surface area contributed by atoms with Crippen LogP contribution in [0.1, 0.15) is 46.5 Å². The molecule has 4 nitrogen and oxygen atoms in total. The van der Waals surface area contributed by atoms with Crippen LogP contribution in [-0.4, -0.2) is 48.6 Å². The Morgan fingerprint density at radius 3 is 2.47 bits per heavy atom. The van der Waals surface area contributed by atoms with E-state index in [-0.39, 0.29) is 11.4 Å². The molecule has 19 heavy (non-hydrogen) atoms. The van der Waals surface area contributed by atoms with E-state index in [9.17, 15) is 4.79 Å². The van der Waals surface area contributed by atoms with Crippen LogP contribution in [0.2, 0.25) is 0 Å². The van der Waals surface area contributed by atoms with Crippen molar-refractivity contribution in [2.75, 3.05) is 26.2 Å². The molecule has 2 N–H and O–H groups in total. The fourth-order valence-electron chi connectivity index (χ4n) is 3.24. The van der Waals surface area contributed by atoms with Crippen LogP contribution in [0.3, 0.4) is 0 Å². The third kappa shape index (κ3) is 3.48. The average Bonchev–Trinajstić information content (AvgIpc) is 2.42. The van der Waals surface area contributed by atoms with Gasteiger partial charge in [-0.05, 0) is 32.6 Å². The molecule has 0 bridgehead atoms. The molecule has 1 amide bonds. The molecule has 0 aromatic carbocycles. The molecule has 2 atom stereocenters. The van der Waals surface area contributed by atoms with E-state index in [1.807, 2.05) is 0 Å². The zero-order valence-electron chi connectivity index (χ0n) is 12.7. The van der Waals surface area contributed by atoms with E-state index in [0.29, 0.717) is 12.0 Å². The van der Waals surface area contributed by atoms with Gasteiger partial charge in [0.05, 0.1) is 5.54 Å². The van der Waals surface area contributed by atoms with Gasteiger partial charge in [0.2, 0.25) is 5.91 Å². The van der Waals surface area contributed by atoms with Crippen molar-refractivity contribution in [3.63, 3.8) is 0 Å². The van der Waals surface area contributed by atoms with Crippen LogP contribution in [0.25, 0.3) is 0 Å². The Kier molecular flexibility index (Phi) is 4.85. The third-order valence-corrected chi connectivity index (χ3v) is 4.89. The quantitative estimate of drug-likeness (QED) is 0.811. The average molecular weight is 267 g/mol. The van der Waals surface area contributed by atoms with Gasteiger partial charge >= 0.3 is 0 Å². The first-order valence-corrected chi connectivity index (χ1v) is 7.78. The molecule has 2 unspecified atom stereocenters. The summed E-state index contributed by atoms with van der Waals surface area (Å²) in [5.74, 6) is 0.824. The van der Waals surface area contributed by atoms with Gasteiger partial charge in [0, 0.05) is 32.2 Å². The zero-order chi connectivity index (χ0) is 13.9. The van der Waals surface area contributed by atoms with Gasteiger partial charge in [-0.2, -0.15) is 0 Å². The summed E-state index contributed by atoms with van der Waals surface area (Å²) < 4.78 is 0. The van der Waals surface area contributed by atoms with Crippen LogP contribution in [-0.2, 0) is 4.79 Å². The number of hydrogen-bond donors (Lipinski definition) is 2. The highest BCUT2D eigenvalue weighted by molar-refractivity contribution is 5.85. The molecule has 1 saturated heterocycles. The Bertz CT molecular complexity index is 311. The molecule has 1 heterocycles. The van der Waals surface area contributed by atoms with Crippen LogP contribution in [0, 0.1) is 5.92 Å². The highest BCUT2D eigenvalue weighted by Crippen LogP contribution is 2.25. The fraction of sp³-hybridized carbons (Fsp3) is 0.933. The number of nitrogens with one attached hydrogen (secondary N) is 2. The van der Waals surface area contributed by atoms with Crippen molar-refractivity contribution in [2.24, 2.45) is 5.92 Å². The van der Waals surface area contributed by atoms with E-state index in [1.54, 1.807) is 0 Å². The second-order valence-corrected chi connectivity index (χ2v) is 6.64. The molecular formula is C15H29N3O. The lowest BCUT2D eigenvalue weighted by atomic mass is 9.85. The second-order valence-electron chi connectivity index (χ2n) is 6.64. The van der Waals surface area contributed by atoms with Crippen LogP contribution in [0.15, 0.2) is 0 Å². The Hall–Kier alpha value is -0.610. The van der Waals surface area contributed by atoms with E-state index >= 15 is 0 Å². The Morgan fingerprint density at radius 2 is 1.84 bits per heavy atom. The molecule has 4 heteroatoms. The maximum atomic E-state index is 12.6. The number of carbonyl (C=O) groups excluding carboxylic acids is 1. The topological polar surface area (TPSA) is 44.4 Å². The molecule has 110 valence electrons. The molecule has 1 aliphatic heterocycles. The van der Waals surface area contributed by atoms with Crippen molar-refractivity contribution in [1.82, 2.24) is 15.5 Å². The summed E-state index contributed by atoms with van der Waals surface area (Å²) in [5.41, 5.74) is -0.390. The highest BCUT2D eigenvalue weighted by atomic mass is 16.2. The number of rotatable bonds is 3. The molecule has 1 saturated carbocycles. The largest absolute Gasteiger partial charge is 0.352 e. The molecule has 0 spiro atoms. The summed E-state index contributed by atoms with van der Waals surface area (Å²) in [6.45, 7) is 10.3. The molecule has 2 aliphatic rings. The van der Waals surface area contributed by atoms with Gasteiger partial charge in [-0.15, -0.1) is 0 Å². The van der Waals surface area contributed by atoms with Gasteiger partial charge in [0.1, 0.15) is 0 Å². The summed E-state index contributed by atoms with van der Waals surface area (Å²) in [6.07, 6.45) is 4.96. The summed E-state index contributed by atoms with van der Waals surface area (Å²) in [5, 5.41) is 6.65. The SMILES string of the molecule is CC1CCCCC1NC(=O)C(C)(C)N1CCNCC1. The molecule has 2 fully saturated rings. The van der Waals surface area contributed by atoms with Gasteiger partial charge in [-0.3, -0.25) is 9.69 Å². The first kappa shape index (κ1) is 14.8. The lowest BCUT2D eigenvalue weighted by Gasteiger charge is -2.41. The summed E-state index contributed by atoms with van der Waals surface area (Å²) >= 11 is 0. The van der Waals surface area contributed by atoms with Crippen LogP contribution in [0.4, 0.5) is 0 Å². The first-order valence-electron chi connectivity index (χ1n) is 7.78. The number of piperazine rings is 1. The van der Waals surface area contributed by atoms with E-state index in [0.717, 1.165) is 32.6 Å². The molecular weight excluding hydrogens is 238 g/mol. The monoisotopic (exact) mass is 267 g/mol. The first-order chi connectivity index (χ1) is 9.01. The van der Waals surface area contributed by atoms with Crippen molar-refractivity contribution < 1.29 is 4.79 Å². The number of nitrogens with zero attached hydrogens (tertiary/aromatic N) is 1. The standard InChI is InChI=1S/C15H29N3O/c1-12-6-4-5-7-13(12)17-14(19)15(2,3)18-10-8-16-9-11-18/h12-13,16H,4-11H2,1-3H3,(H,17,19). The van der Waals surface area contributed by atoms with E-state index < -0.39 is 0 Å². The van der Waals surface area contributed by atoms with Crippen molar-refractivity contribution in [3.05, 3.63) is 0 Å². The van der Waals surface area contributed by atoms with E-state index in [1.165, 1.54) is 19.3 Å². The third-order valence-electron chi connectivity index (χ3n) is 4.89. The molecule has 0 aromatic heterocycles. The van der Waals surface area contributed by atoms with Gasteiger partial charge in [-0.1, -0.05) is 19.8 Å². The van der Waals surface area contributed by atoms with Crippen LogP contribution < -0.4 is 10.6 Å². The molecule has 0 aromatic rings. The summed E-state index contributed by atoms with van der Waals surface area (Å²) in [6, 6.07) is 0.378. The minimum Gasteiger partial charge on any atom is -0.352 e. The zero-order valence-corrected chi connectivity index (χ0v) is 12.7. The maximum Gasteiger partial charge on any atom is 0.240 e. The summed E-state index contributed by atoms with van der Waals surface area (Å²) in [4.78, 5) is 14.9. The van der Waals surface area contributed by atoms with E-state index in [2.05, 4.69) is 36.3 Å². The Labute approximate surface area is 117 Å². The number of amides is 1. The van der Waals surface area contributed by atoms with Gasteiger partial charge in [0.15, 0.2) is 0 Å². The Balaban J connectivity index is 1.93. The normalized spacial score (nSPS) is 30.1. The Morgan fingerprint density at radius 1 is 1.21 bits per heavy atom. The van der Waals surface area contributed by atoms with Crippen LogP contribution >= 0.6 is 0 Å². The number of carbonyl (C=O) groups is 1. The molecule has 1 aliphatic carbocycles. The van der Waals surface area contributed by atoms with Gasteiger partial charge in [-0.25, -0.2) is 0 Å². The minimum atomic E-state index is -0.390. The molecule has 2 rings (SSSR count). The van der Waals surface area contributed by atoms with Crippen molar-refractivity contribution in [1.29, 1.82) is 0 Å². The fourth-order valence-corrected chi connectivity index (χ4v) is 3.24. The van der Waals surface area contributed by atoms with Crippen LogP contribution in [0.5, 0.6) is 0 Å². The smallest absolute Gasteiger partial charge is 0.240 e. The lowest BCUT2D eigenvalue weighted by Crippen LogP contribution is -2.61. The molecule has 0 radical (unpaired) electrons. The summed E-state index contributed by atoms with van der Waals surface area (Å²) in [7, 11) is 0. The number of hydrogen-bond acceptors (Lipinski definition) is 3. The second kappa shape index (κ2) is 6.23. The minimum absolute atomic E-state index is 0.202. The van der Waals surface area contributed by atoms with Gasteiger partial charge < -0.3 is 10.6 Å². The highest BCUT2D eigenvalue weighted by Gasteiger charge is 2.37. The van der Waals surface area contributed by atoms with E-state index in [4.69, 9.17) is 0 Å². The predicted molar refractivity (Wildman–Crippen MR) is 78.1 cm³/mol. The predicted octanol–water partition coefficient (Wildman–Crippen LogP) is 1.37. The van der Waals surface area contributed by atoms with Crippen molar-refractivity contribution in [2.45, 2.75) is 58.0 Å². The maximum absolute atomic E-state index is 12.6. The van der Waals surface area contributed by atoms with Crippen molar-refractivity contribution >= 4 is 5.91 Å². The van der Waals surface area contributed by atoms with Gasteiger partial charge in [0.25, 0.3) is 0 Å².